The van der Waals surface area contributed by atoms with E-state index in [2.05, 4.69) is 22.3 Å². The molecule has 1 aliphatic heterocycles. The number of nitrogens with one attached hydrogen (secondary N) is 1. The monoisotopic (exact) mass is 413 g/mol. The van der Waals surface area contributed by atoms with Crippen molar-refractivity contribution in [2.45, 2.75) is 43.7 Å². The average molecular weight is 414 g/mol. The van der Waals surface area contributed by atoms with Crippen molar-refractivity contribution in [3.8, 4) is 0 Å². The van der Waals surface area contributed by atoms with Crippen molar-refractivity contribution in [2.24, 2.45) is 0 Å². The number of carbonyl (C=O) groups is 1. The molecule has 0 aliphatic carbocycles. The maximum Gasteiger partial charge on any atom is 0.282 e. The minimum atomic E-state index is -0.517. The molecular weight excluding hydrogens is 386 g/mol. The van der Waals surface area contributed by atoms with Gasteiger partial charge in [-0.25, -0.2) is 0 Å². The van der Waals surface area contributed by atoms with Crippen LogP contribution < -0.4 is 5.32 Å². The van der Waals surface area contributed by atoms with Gasteiger partial charge in [0, 0.05) is 24.1 Å². The lowest BCUT2D eigenvalue weighted by molar-refractivity contribution is -0.385. The van der Waals surface area contributed by atoms with E-state index in [0.29, 0.717) is 6.54 Å². The lowest BCUT2D eigenvalue weighted by atomic mass is 10.1. The predicted molar refractivity (Wildman–Crippen MR) is 116 cm³/mol. The Morgan fingerprint density at radius 2 is 1.72 bits per heavy atom. The van der Waals surface area contributed by atoms with Crippen molar-refractivity contribution in [3.63, 3.8) is 0 Å². The maximum absolute atomic E-state index is 12.5. The van der Waals surface area contributed by atoms with Crippen molar-refractivity contribution in [2.75, 3.05) is 19.3 Å². The lowest BCUT2D eigenvalue weighted by Gasteiger charge is -2.19. The van der Waals surface area contributed by atoms with E-state index in [4.69, 9.17) is 0 Å². The molecule has 0 unspecified atom stereocenters. The fourth-order valence-electron chi connectivity index (χ4n) is 3.58. The molecule has 1 saturated heterocycles. The van der Waals surface area contributed by atoms with E-state index in [1.807, 2.05) is 18.4 Å². The van der Waals surface area contributed by atoms with Crippen molar-refractivity contribution in [1.29, 1.82) is 0 Å². The third-order valence-electron chi connectivity index (χ3n) is 5.23. The van der Waals surface area contributed by atoms with Gasteiger partial charge in [-0.15, -0.1) is 11.8 Å². The third-order valence-corrected chi connectivity index (χ3v) is 5.95. The smallest absolute Gasteiger partial charge is 0.282 e. The summed E-state index contributed by atoms with van der Waals surface area (Å²) in [7, 11) is 0. The number of nitro benzene ring substituents is 1. The van der Waals surface area contributed by atoms with Crippen LogP contribution in [0.5, 0.6) is 0 Å². The fourth-order valence-corrected chi connectivity index (χ4v) is 4.02. The molecule has 1 aliphatic rings. The largest absolute Gasteiger partial charge is 0.348 e. The number of amides is 1. The van der Waals surface area contributed by atoms with Gasteiger partial charge in [0.05, 0.1) is 4.92 Å². The highest BCUT2D eigenvalue weighted by molar-refractivity contribution is 7.98. The highest BCUT2D eigenvalue weighted by atomic mass is 32.2. The summed E-state index contributed by atoms with van der Waals surface area (Å²) in [5.41, 5.74) is 2.17. The Bertz CT molecular complexity index is 847. The number of likely N-dealkylation sites (tertiary alicyclic amines) is 1. The van der Waals surface area contributed by atoms with Gasteiger partial charge in [-0.1, -0.05) is 37.1 Å². The molecular formula is C22H27N3O3S. The van der Waals surface area contributed by atoms with Gasteiger partial charge in [-0.2, -0.15) is 0 Å². The molecule has 1 fully saturated rings. The Balaban J connectivity index is 1.60. The zero-order valence-corrected chi connectivity index (χ0v) is 17.5. The van der Waals surface area contributed by atoms with Gasteiger partial charge in [0.2, 0.25) is 0 Å². The molecule has 0 bridgehead atoms. The van der Waals surface area contributed by atoms with Crippen LogP contribution in [-0.4, -0.2) is 35.1 Å². The van der Waals surface area contributed by atoms with E-state index in [1.165, 1.54) is 49.1 Å². The molecule has 7 heteroatoms. The number of carbonyl (C=O) groups excluding carboxylic acids is 1. The van der Waals surface area contributed by atoms with Crippen molar-refractivity contribution >= 4 is 23.4 Å². The molecule has 0 aromatic heterocycles. The summed E-state index contributed by atoms with van der Waals surface area (Å²) in [6.07, 6.45) is 7.07. The van der Waals surface area contributed by atoms with E-state index in [9.17, 15) is 14.9 Å². The number of hydrogen-bond donors (Lipinski definition) is 1. The Kier molecular flexibility index (Phi) is 7.66. The lowest BCUT2D eigenvalue weighted by Crippen LogP contribution is -2.24. The number of nitro groups is 1. The van der Waals surface area contributed by atoms with Crippen LogP contribution >= 0.6 is 11.8 Å². The second-order valence-corrected chi connectivity index (χ2v) is 8.21. The maximum atomic E-state index is 12.5. The topological polar surface area (TPSA) is 75.5 Å². The first kappa shape index (κ1) is 21.3. The van der Waals surface area contributed by atoms with Gasteiger partial charge >= 0.3 is 0 Å². The normalized spacial score (nSPS) is 14.9. The van der Waals surface area contributed by atoms with Crippen LogP contribution in [0.1, 0.15) is 47.2 Å². The van der Waals surface area contributed by atoms with E-state index >= 15 is 0 Å². The predicted octanol–water partition coefficient (Wildman–Crippen LogP) is 4.62. The first-order valence-corrected chi connectivity index (χ1v) is 11.2. The SMILES string of the molecule is CSc1ccc([N+](=O)[O-])c(C(=O)NCc2ccc(CN3CCCCCC3)cc2)c1. The second kappa shape index (κ2) is 10.4. The standard InChI is InChI=1S/C22H27N3O3S/c1-29-19-10-11-21(25(27)28)20(14-19)22(26)23-15-17-6-8-18(9-7-17)16-24-12-4-2-3-5-13-24/h6-11,14H,2-5,12-13,15-16H2,1H3,(H,23,26). The summed E-state index contributed by atoms with van der Waals surface area (Å²) < 4.78 is 0. The van der Waals surface area contributed by atoms with E-state index in [1.54, 1.807) is 12.1 Å². The molecule has 29 heavy (non-hydrogen) atoms. The summed E-state index contributed by atoms with van der Waals surface area (Å²) >= 11 is 1.45. The van der Waals surface area contributed by atoms with Crippen LogP contribution in [0.4, 0.5) is 5.69 Å². The first-order chi connectivity index (χ1) is 14.1. The summed E-state index contributed by atoms with van der Waals surface area (Å²) in [6.45, 7) is 3.61. The average Bonchev–Trinajstić information content (AvgIpc) is 3.01. The second-order valence-electron chi connectivity index (χ2n) is 7.33. The Morgan fingerprint density at radius 3 is 2.34 bits per heavy atom. The zero-order chi connectivity index (χ0) is 20.6. The number of benzene rings is 2. The van der Waals surface area contributed by atoms with Crippen LogP contribution in [0.3, 0.4) is 0 Å². The number of thioether (sulfide) groups is 1. The molecule has 154 valence electrons. The molecule has 1 N–H and O–H groups in total. The van der Waals surface area contributed by atoms with E-state index < -0.39 is 10.8 Å². The minimum Gasteiger partial charge on any atom is -0.348 e. The molecule has 0 spiro atoms. The Morgan fingerprint density at radius 1 is 1.07 bits per heavy atom. The zero-order valence-electron chi connectivity index (χ0n) is 16.7. The number of nitrogens with zero attached hydrogens (tertiary/aromatic N) is 2. The van der Waals surface area contributed by atoms with E-state index in [0.717, 1.165) is 30.1 Å². The highest BCUT2D eigenvalue weighted by Crippen LogP contribution is 2.25. The molecule has 2 aromatic rings. The quantitative estimate of drug-likeness (QED) is 0.407. The summed E-state index contributed by atoms with van der Waals surface area (Å²) in [6, 6.07) is 12.8. The van der Waals surface area contributed by atoms with Crippen LogP contribution in [0.25, 0.3) is 0 Å². The van der Waals surface area contributed by atoms with Crippen LogP contribution in [0.15, 0.2) is 47.4 Å². The molecule has 3 rings (SSSR count). The van der Waals surface area contributed by atoms with Crippen molar-refractivity contribution in [1.82, 2.24) is 10.2 Å². The van der Waals surface area contributed by atoms with Gasteiger partial charge < -0.3 is 5.32 Å². The number of hydrogen-bond acceptors (Lipinski definition) is 5. The van der Waals surface area contributed by atoms with Crippen LogP contribution in [0.2, 0.25) is 0 Å². The van der Waals surface area contributed by atoms with Crippen molar-refractivity contribution in [3.05, 3.63) is 69.3 Å². The number of rotatable bonds is 7. The van der Waals surface area contributed by atoms with Gasteiger partial charge in [0.25, 0.3) is 11.6 Å². The van der Waals surface area contributed by atoms with E-state index in [-0.39, 0.29) is 11.3 Å². The van der Waals surface area contributed by atoms with Gasteiger partial charge in [-0.05, 0) is 55.4 Å². The van der Waals surface area contributed by atoms with Gasteiger partial charge in [0.15, 0.2) is 0 Å². The molecule has 1 amide bonds. The Hall–Kier alpha value is -2.38. The molecule has 1 heterocycles. The third kappa shape index (κ3) is 6.05. The summed E-state index contributed by atoms with van der Waals surface area (Å²) in [5, 5.41) is 14.0. The first-order valence-electron chi connectivity index (χ1n) is 9.97. The van der Waals surface area contributed by atoms with Gasteiger partial charge in [0.1, 0.15) is 5.56 Å². The van der Waals surface area contributed by atoms with Crippen LogP contribution in [0, 0.1) is 10.1 Å². The molecule has 0 saturated carbocycles. The molecule has 6 nitrogen and oxygen atoms in total. The Labute approximate surface area is 175 Å². The molecule has 0 radical (unpaired) electrons. The highest BCUT2D eigenvalue weighted by Gasteiger charge is 2.20. The summed E-state index contributed by atoms with van der Waals surface area (Å²) in [5.74, 6) is -0.429. The molecule has 0 atom stereocenters. The van der Waals surface area contributed by atoms with Gasteiger partial charge in [-0.3, -0.25) is 19.8 Å². The fraction of sp³-hybridized carbons (Fsp3) is 0.409. The summed E-state index contributed by atoms with van der Waals surface area (Å²) in [4.78, 5) is 26.6. The van der Waals surface area contributed by atoms with Crippen molar-refractivity contribution < 1.29 is 9.72 Å². The minimum absolute atomic E-state index is 0.0969. The van der Waals surface area contributed by atoms with Crippen LogP contribution in [-0.2, 0) is 13.1 Å². The molecule has 2 aromatic carbocycles.